The monoisotopic (exact) mass is 465 g/mol. The summed E-state index contributed by atoms with van der Waals surface area (Å²) in [4.78, 5) is 25.0. The second-order valence-corrected chi connectivity index (χ2v) is 9.32. The second kappa shape index (κ2) is 8.94. The molecule has 2 N–H and O–H groups in total. The van der Waals surface area contributed by atoms with Gasteiger partial charge < -0.3 is 15.2 Å². The van der Waals surface area contributed by atoms with Crippen LogP contribution in [0.2, 0.25) is 5.02 Å². The first kappa shape index (κ1) is 21.0. The van der Waals surface area contributed by atoms with Gasteiger partial charge in [0.2, 0.25) is 5.91 Å². The molecule has 1 aliphatic rings. The van der Waals surface area contributed by atoms with Gasteiger partial charge >= 0.3 is 0 Å². The highest BCUT2D eigenvalue weighted by atomic mass is 35.5. The third-order valence-electron chi connectivity index (χ3n) is 5.87. The Morgan fingerprint density at radius 3 is 2.84 bits per heavy atom. The van der Waals surface area contributed by atoms with E-state index in [1.54, 1.807) is 0 Å². The van der Waals surface area contributed by atoms with E-state index in [9.17, 15) is 4.79 Å². The first-order valence-corrected chi connectivity index (χ1v) is 11.9. The summed E-state index contributed by atoms with van der Waals surface area (Å²) in [5, 5.41) is 7.46. The number of H-pyrrole nitrogens is 1. The Balaban J connectivity index is 1.17. The van der Waals surface area contributed by atoms with Gasteiger partial charge in [0.1, 0.15) is 0 Å². The van der Waals surface area contributed by atoms with Crippen molar-refractivity contribution in [3.05, 3.63) is 64.6 Å². The standard InChI is InChI=1S/C24H24ClN5OS/c1-16-6-7-17(25)12-22(16)30-10-8-29(9-11-30)14-23(31)28-24-27-21(15-32-24)19-13-26-20-5-3-2-4-18(19)20/h2-7,12-13,15,26H,8-11,14H2,1H3,(H,27,28,31). The summed E-state index contributed by atoms with van der Waals surface area (Å²) in [6, 6.07) is 14.1. The average Bonchev–Trinajstić information content (AvgIpc) is 3.43. The minimum Gasteiger partial charge on any atom is -0.369 e. The normalized spacial score (nSPS) is 14.8. The molecule has 0 atom stereocenters. The van der Waals surface area contributed by atoms with E-state index in [2.05, 4.69) is 44.1 Å². The SMILES string of the molecule is Cc1ccc(Cl)cc1N1CCN(CC(=O)Nc2nc(-c3c[nH]c4ccccc34)cs2)CC1. The van der Waals surface area contributed by atoms with Crippen LogP contribution in [0.15, 0.2) is 54.0 Å². The van der Waals surface area contributed by atoms with Crippen molar-refractivity contribution in [3.63, 3.8) is 0 Å². The highest BCUT2D eigenvalue weighted by molar-refractivity contribution is 7.14. The molecule has 0 radical (unpaired) electrons. The number of piperazine rings is 1. The summed E-state index contributed by atoms with van der Waals surface area (Å²) < 4.78 is 0. The van der Waals surface area contributed by atoms with E-state index in [0.717, 1.165) is 53.4 Å². The van der Waals surface area contributed by atoms with Crippen molar-refractivity contribution < 1.29 is 4.79 Å². The molecule has 2 aromatic heterocycles. The number of aromatic amines is 1. The van der Waals surface area contributed by atoms with Crippen LogP contribution in [0.25, 0.3) is 22.2 Å². The number of carbonyl (C=O) groups excluding carboxylic acids is 1. The Hall–Kier alpha value is -2.87. The van der Waals surface area contributed by atoms with Crippen molar-refractivity contribution in [1.29, 1.82) is 0 Å². The number of anilines is 2. The number of amides is 1. The van der Waals surface area contributed by atoms with E-state index in [-0.39, 0.29) is 5.91 Å². The molecule has 0 unspecified atom stereocenters. The fourth-order valence-corrected chi connectivity index (χ4v) is 5.06. The van der Waals surface area contributed by atoms with Crippen molar-refractivity contribution >= 4 is 50.6 Å². The van der Waals surface area contributed by atoms with Gasteiger partial charge in [0.25, 0.3) is 0 Å². The lowest BCUT2D eigenvalue weighted by molar-refractivity contribution is -0.117. The van der Waals surface area contributed by atoms with Crippen LogP contribution in [0.3, 0.4) is 0 Å². The van der Waals surface area contributed by atoms with Crippen molar-refractivity contribution in [2.75, 3.05) is 42.9 Å². The number of thiazole rings is 1. The summed E-state index contributed by atoms with van der Waals surface area (Å²) >= 11 is 7.63. The van der Waals surface area contributed by atoms with E-state index < -0.39 is 0 Å². The zero-order chi connectivity index (χ0) is 22.1. The van der Waals surface area contributed by atoms with Crippen LogP contribution in [0.4, 0.5) is 10.8 Å². The minimum absolute atomic E-state index is 0.0304. The number of hydrogen-bond acceptors (Lipinski definition) is 5. The quantitative estimate of drug-likeness (QED) is 0.434. The fourth-order valence-electron chi connectivity index (χ4n) is 4.17. The molecule has 1 saturated heterocycles. The molecule has 5 rings (SSSR count). The number of nitrogens with zero attached hydrogens (tertiary/aromatic N) is 3. The molecular formula is C24H24ClN5OS. The average molecular weight is 466 g/mol. The summed E-state index contributed by atoms with van der Waals surface area (Å²) in [6.07, 6.45) is 1.96. The van der Waals surface area contributed by atoms with Crippen LogP contribution in [0.5, 0.6) is 0 Å². The van der Waals surface area contributed by atoms with E-state index in [0.29, 0.717) is 11.7 Å². The molecule has 1 aliphatic heterocycles. The lowest BCUT2D eigenvalue weighted by Crippen LogP contribution is -2.48. The van der Waals surface area contributed by atoms with Crippen LogP contribution in [0.1, 0.15) is 5.56 Å². The maximum Gasteiger partial charge on any atom is 0.240 e. The summed E-state index contributed by atoms with van der Waals surface area (Å²) in [5.74, 6) is -0.0304. The Labute approximate surface area is 195 Å². The molecular weight excluding hydrogens is 442 g/mol. The van der Waals surface area contributed by atoms with Crippen LogP contribution >= 0.6 is 22.9 Å². The molecule has 0 aliphatic carbocycles. The highest BCUT2D eigenvalue weighted by Gasteiger charge is 2.21. The van der Waals surface area contributed by atoms with Gasteiger partial charge in [-0.05, 0) is 30.7 Å². The van der Waals surface area contributed by atoms with E-state index in [4.69, 9.17) is 11.6 Å². The van der Waals surface area contributed by atoms with Crippen LogP contribution in [0, 0.1) is 6.92 Å². The van der Waals surface area contributed by atoms with Gasteiger partial charge in [-0.2, -0.15) is 0 Å². The molecule has 4 aromatic rings. The number of hydrogen-bond donors (Lipinski definition) is 2. The molecule has 0 spiro atoms. The third kappa shape index (κ3) is 4.37. The number of aromatic nitrogens is 2. The molecule has 0 saturated carbocycles. The Morgan fingerprint density at radius 1 is 1.19 bits per heavy atom. The molecule has 1 fully saturated rings. The number of halogens is 1. The summed E-state index contributed by atoms with van der Waals surface area (Å²) in [7, 11) is 0. The smallest absolute Gasteiger partial charge is 0.240 e. The Bertz CT molecular complexity index is 1260. The van der Waals surface area contributed by atoms with Gasteiger partial charge in [-0.25, -0.2) is 4.98 Å². The zero-order valence-electron chi connectivity index (χ0n) is 17.8. The molecule has 6 nitrogen and oxygen atoms in total. The topological polar surface area (TPSA) is 64.3 Å². The predicted octanol–water partition coefficient (Wildman–Crippen LogP) is 5.01. The van der Waals surface area contributed by atoms with Crippen LogP contribution in [-0.4, -0.2) is 53.5 Å². The Morgan fingerprint density at radius 2 is 2.00 bits per heavy atom. The number of rotatable bonds is 5. The molecule has 3 heterocycles. The number of aryl methyl sites for hydroxylation is 1. The number of nitrogens with one attached hydrogen (secondary N) is 2. The second-order valence-electron chi connectivity index (χ2n) is 8.03. The largest absolute Gasteiger partial charge is 0.369 e. The molecule has 0 bridgehead atoms. The molecule has 1 amide bonds. The van der Waals surface area contributed by atoms with Crippen LogP contribution in [-0.2, 0) is 4.79 Å². The zero-order valence-corrected chi connectivity index (χ0v) is 19.3. The van der Waals surface area contributed by atoms with Gasteiger partial charge in [0.05, 0.1) is 12.2 Å². The van der Waals surface area contributed by atoms with Gasteiger partial charge in [0.15, 0.2) is 5.13 Å². The molecule has 2 aromatic carbocycles. The number of fused-ring (bicyclic) bond motifs is 1. The summed E-state index contributed by atoms with van der Waals surface area (Å²) in [6.45, 7) is 5.87. The minimum atomic E-state index is -0.0304. The van der Waals surface area contributed by atoms with Crippen LogP contribution < -0.4 is 10.2 Å². The number of benzene rings is 2. The highest BCUT2D eigenvalue weighted by Crippen LogP contribution is 2.31. The lowest BCUT2D eigenvalue weighted by atomic mass is 10.1. The first-order valence-electron chi connectivity index (χ1n) is 10.6. The van der Waals surface area contributed by atoms with E-state index in [1.807, 2.05) is 41.9 Å². The summed E-state index contributed by atoms with van der Waals surface area (Å²) in [5.41, 5.74) is 5.38. The maximum atomic E-state index is 12.6. The van der Waals surface area contributed by atoms with E-state index >= 15 is 0 Å². The lowest BCUT2D eigenvalue weighted by Gasteiger charge is -2.36. The van der Waals surface area contributed by atoms with Gasteiger partial charge in [-0.1, -0.05) is 35.9 Å². The van der Waals surface area contributed by atoms with Crippen molar-refractivity contribution in [3.8, 4) is 11.3 Å². The van der Waals surface area contributed by atoms with Gasteiger partial charge in [-0.3, -0.25) is 9.69 Å². The molecule has 32 heavy (non-hydrogen) atoms. The maximum absolute atomic E-state index is 12.6. The van der Waals surface area contributed by atoms with Crippen molar-refractivity contribution in [2.24, 2.45) is 0 Å². The number of para-hydroxylation sites is 1. The van der Waals surface area contributed by atoms with Gasteiger partial charge in [0, 0.05) is 64.9 Å². The van der Waals surface area contributed by atoms with E-state index in [1.165, 1.54) is 22.6 Å². The Kier molecular flexibility index (Phi) is 5.87. The van der Waals surface area contributed by atoms with Crippen molar-refractivity contribution in [2.45, 2.75) is 6.92 Å². The predicted molar refractivity (Wildman–Crippen MR) is 133 cm³/mol. The third-order valence-corrected chi connectivity index (χ3v) is 6.86. The van der Waals surface area contributed by atoms with Gasteiger partial charge in [-0.15, -0.1) is 11.3 Å². The van der Waals surface area contributed by atoms with Crippen molar-refractivity contribution in [1.82, 2.24) is 14.9 Å². The fraction of sp³-hybridized carbons (Fsp3) is 0.250. The number of carbonyl (C=O) groups is 1. The molecule has 164 valence electrons. The molecule has 8 heteroatoms. The first-order chi connectivity index (χ1) is 15.6.